The summed E-state index contributed by atoms with van der Waals surface area (Å²) < 4.78 is 11.4. The van der Waals surface area contributed by atoms with Gasteiger partial charge in [0.15, 0.2) is 0 Å². The zero-order chi connectivity index (χ0) is 25.7. The minimum atomic E-state index is -0.894. The van der Waals surface area contributed by atoms with E-state index in [0.29, 0.717) is 17.9 Å². The van der Waals surface area contributed by atoms with E-state index >= 15 is 0 Å². The number of fused-ring (bicyclic) bond motifs is 1. The molecule has 3 aromatic carbocycles. The number of carbonyl (C=O) groups excluding carboxylic acids is 1. The van der Waals surface area contributed by atoms with Crippen molar-refractivity contribution in [3.8, 4) is 11.5 Å². The topological polar surface area (TPSA) is 71.6 Å². The van der Waals surface area contributed by atoms with Crippen LogP contribution in [0.25, 0.3) is 0 Å². The summed E-state index contributed by atoms with van der Waals surface area (Å²) in [5.74, 6) is 1.03. The van der Waals surface area contributed by atoms with E-state index in [1.807, 2.05) is 48.5 Å². The number of amides is 1. The Balaban J connectivity index is 1.58. The van der Waals surface area contributed by atoms with Gasteiger partial charge >= 0.3 is 0 Å². The number of anilines is 2. The summed E-state index contributed by atoms with van der Waals surface area (Å²) >= 11 is 0. The number of para-hydroxylation sites is 2. The third kappa shape index (κ3) is 5.24. The Morgan fingerprint density at radius 3 is 2.24 bits per heavy atom. The van der Waals surface area contributed by atoms with Crippen molar-refractivity contribution in [1.29, 1.82) is 0 Å². The molecule has 3 aromatic rings. The zero-order valence-electron chi connectivity index (χ0n) is 21.8. The highest BCUT2D eigenvalue weighted by molar-refractivity contribution is 5.86. The molecule has 0 bridgehead atoms. The standard InChI is InChI=1S/C31H37N3O3/c1-36-24-18-20-25(29(21-24)37-2)31(33-27-15-9-10-16-28(27)34-31)26(19-17-22-11-5-3-6-12-22)30(35)32-23-13-7-4-8-14-23/h3,5-6,9-12,15-16,18,20-21,23,26,33-34H,4,7-8,13-14,17,19H2,1-2H3,(H,32,35). The first-order chi connectivity index (χ1) is 18.1. The number of ether oxygens (including phenoxy) is 2. The van der Waals surface area contributed by atoms with Gasteiger partial charge in [0, 0.05) is 17.7 Å². The van der Waals surface area contributed by atoms with E-state index in [1.54, 1.807) is 14.2 Å². The van der Waals surface area contributed by atoms with Crippen LogP contribution < -0.4 is 25.4 Å². The number of hydrogen-bond donors (Lipinski definition) is 3. The first-order valence-corrected chi connectivity index (χ1v) is 13.3. The lowest BCUT2D eigenvalue weighted by Crippen LogP contribution is -2.54. The van der Waals surface area contributed by atoms with Crippen molar-refractivity contribution in [2.45, 2.75) is 56.7 Å². The molecule has 1 aliphatic heterocycles. The monoisotopic (exact) mass is 499 g/mol. The molecule has 0 radical (unpaired) electrons. The molecular weight excluding hydrogens is 462 g/mol. The number of benzene rings is 3. The summed E-state index contributed by atoms with van der Waals surface area (Å²) in [4.78, 5) is 14.2. The van der Waals surface area contributed by atoms with E-state index in [1.165, 1.54) is 24.8 Å². The highest BCUT2D eigenvalue weighted by Crippen LogP contribution is 2.48. The first kappa shape index (κ1) is 25.0. The van der Waals surface area contributed by atoms with Gasteiger partial charge < -0.3 is 25.4 Å². The molecule has 1 aliphatic carbocycles. The fraction of sp³-hybridized carbons (Fsp3) is 0.387. The first-order valence-electron chi connectivity index (χ1n) is 13.3. The van der Waals surface area contributed by atoms with Gasteiger partial charge in [-0.2, -0.15) is 0 Å². The minimum Gasteiger partial charge on any atom is -0.497 e. The molecule has 37 heavy (non-hydrogen) atoms. The number of carbonyl (C=O) groups is 1. The van der Waals surface area contributed by atoms with Crippen molar-refractivity contribution in [2.24, 2.45) is 5.92 Å². The van der Waals surface area contributed by atoms with E-state index < -0.39 is 11.6 Å². The third-order valence-corrected chi connectivity index (χ3v) is 7.78. The molecule has 3 N–H and O–H groups in total. The van der Waals surface area contributed by atoms with E-state index in [9.17, 15) is 4.79 Å². The molecule has 5 rings (SSSR count). The second-order valence-electron chi connectivity index (χ2n) is 10.1. The zero-order valence-corrected chi connectivity index (χ0v) is 21.8. The molecule has 1 fully saturated rings. The molecule has 2 aliphatic rings. The summed E-state index contributed by atoms with van der Waals surface area (Å²) in [6.07, 6.45) is 7.09. The summed E-state index contributed by atoms with van der Waals surface area (Å²) in [5.41, 5.74) is 3.13. The van der Waals surface area contributed by atoms with Gasteiger partial charge in [-0.05, 0) is 55.5 Å². The maximum atomic E-state index is 14.2. The summed E-state index contributed by atoms with van der Waals surface area (Å²) in [7, 11) is 3.31. The molecular formula is C31H37N3O3. The van der Waals surface area contributed by atoms with Gasteiger partial charge in [-0.1, -0.05) is 61.7 Å². The van der Waals surface area contributed by atoms with Gasteiger partial charge in [-0.25, -0.2) is 0 Å². The number of hydrogen-bond acceptors (Lipinski definition) is 5. The smallest absolute Gasteiger partial charge is 0.228 e. The average molecular weight is 500 g/mol. The predicted molar refractivity (Wildman–Crippen MR) is 148 cm³/mol. The van der Waals surface area contributed by atoms with E-state index in [-0.39, 0.29) is 11.9 Å². The Hall–Kier alpha value is -3.67. The Labute approximate surface area is 219 Å². The fourth-order valence-electron chi connectivity index (χ4n) is 5.83. The molecule has 1 saturated carbocycles. The van der Waals surface area contributed by atoms with E-state index in [2.05, 4.69) is 40.2 Å². The molecule has 6 heteroatoms. The van der Waals surface area contributed by atoms with Crippen molar-refractivity contribution < 1.29 is 14.3 Å². The lowest BCUT2D eigenvalue weighted by atomic mass is 9.80. The van der Waals surface area contributed by atoms with Crippen LogP contribution in [0.3, 0.4) is 0 Å². The fourth-order valence-corrected chi connectivity index (χ4v) is 5.83. The molecule has 1 unspecified atom stereocenters. The van der Waals surface area contributed by atoms with Crippen LogP contribution in [-0.4, -0.2) is 26.2 Å². The maximum Gasteiger partial charge on any atom is 0.228 e. The molecule has 1 atom stereocenters. The summed E-state index contributed by atoms with van der Waals surface area (Å²) in [5, 5.41) is 10.9. The van der Waals surface area contributed by atoms with Gasteiger partial charge in [-0.15, -0.1) is 0 Å². The molecule has 194 valence electrons. The lowest BCUT2D eigenvalue weighted by Gasteiger charge is -2.40. The second-order valence-corrected chi connectivity index (χ2v) is 10.1. The Morgan fingerprint density at radius 1 is 0.919 bits per heavy atom. The quantitative estimate of drug-likeness (QED) is 0.332. The van der Waals surface area contributed by atoms with Gasteiger partial charge in [0.05, 0.1) is 31.5 Å². The number of nitrogens with one attached hydrogen (secondary N) is 3. The van der Waals surface area contributed by atoms with Crippen LogP contribution in [0.15, 0.2) is 72.8 Å². The van der Waals surface area contributed by atoms with Crippen molar-refractivity contribution >= 4 is 17.3 Å². The third-order valence-electron chi connectivity index (χ3n) is 7.78. The Bertz CT molecular complexity index is 1180. The maximum absolute atomic E-state index is 14.2. The van der Waals surface area contributed by atoms with E-state index in [4.69, 9.17) is 9.47 Å². The minimum absolute atomic E-state index is 0.0634. The molecule has 0 aromatic heterocycles. The van der Waals surface area contributed by atoms with Crippen molar-refractivity contribution in [1.82, 2.24) is 5.32 Å². The second kappa shape index (κ2) is 11.2. The molecule has 6 nitrogen and oxygen atoms in total. The van der Waals surface area contributed by atoms with Crippen molar-refractivity contribution in [3.05, 3.63) is 83.9 Å². The van der Waals surface area contributed by atoms with Crippen LogP contribution >= 0.6 is 0 Å². The average Bonchev–Trinajstić information content (AvgIpc) is 3.34. The highest BCUT2D eigenvalue weighted by atomic mass is 16.5. The largest absolute Gasteiger partial charge is 0.497 e. The van der Waals surface area contributed by atoms with Crippen LogP contribution in [0, 0.1) is 5.92 Å². The summed E-state index contributed by atoms with van der Waals surface area (Å²) in [6.45, 7) is 0. The van der Waals surface area contributed by atoms with Crippen molar-refractivity contribution in [2.75, 3.05) is 24.9 Å². The van der Waals surface area contributed by atoms with Crippen LogP contribution in [0.2, 0.25) is 0 Å². The van der Waals surface area contributed by atoms with Crippen LogP contribution in [-0.2, 0) is 16.9 Å². The van der Waals surface area contributed by atoms with Crippen LogP contribution in [0.1, 0.15) is 49.7 Å². The molecule has 1 amide bonds. The number of methoxy groups -OCH3 is 2. The van der Waals surface area contributed by atoms with Crippen LogP contribution in [0.5, 0.6) is 11.5 Å². The van der Waals surface area contributed by atoms with E-state index in [0.717, 1.165) is 36.2 Å². The van der Waals surface area contributed by atoms with Crippen molar-refractivity contribution in [3.63, 3.8) is 0 Å². The van der Waals surface area contributed by atoms with Gasteiger partial charge in [0.2, 0.25) is 5.91 Å². The predicted octanol–water partition coefficient (Wildman–Crippen LogP) is 6.09. The highest BCUT2D eigenvalue weighted by Gasteiger charge is 2.50. The lowest BCUT2D eigenvalue weighted by molar-refractivity contribution is -0.127. The van der Waals surface area contributed by atoms with Gasteiger partial charge in [0.25, 0.3) is 0 Å². The molecule has 0 spiro atoms. The van der Waals surface area contributed by atoms with Gasteiger partial charge in [-0.3, -0.25) is 4.79 Å². The normalized spacial score (nSPS) is 17.1. The summed E-state index contributed by atoms with van der Waals surface area (Å²) in [6, 6.07) is 24.5. The number of aryl methyl sites for hydroxylation is 1. The van der Waals surface area contributed by atoms with Gasteiger partial charge in [0.1, 0.15) is 17.2 Å². The molecule has 0 saturated heterocycles. The number of rotatable bonds is 9. The Kier molecular flexibility index (Phi) is 7.54. The Morgan fingerprint density at radius 2 is 1.59 bits per heavy atom. The molecule has 1 heterocycles. The SMILES string of the molecule is COc1ccc(C2(C(CCc3ccccc3)C(=O)NC3CCCCC3)Nc3ccccc3N2)c(OC)c1. The van der Waals surface area contributed by atoms with Crippen LogP contribution in [0.4, 0.5) is 11.4 Å².